The largest absolute Gasteiger partial charge is 0.453 e. The number of imidazole rings is 2. The summed E-state index contributed by atoms with van der Waals surface area (Å²) in [6, 6.07) is 11.4. The van der Waals surface area contributed by atoms with Crippen molar-refractivity contribution in [3.8, 4) is 33.6 Å². The Morgan fingerprint density at radius 3 is 1.61 bits per heavy atom. The number of carbonyl (C=O) groups is 4. The summed E-state index contributed by atoms with van der Waals surface area (Å²) in [6.45, 7) is 8.87. The number of ether oxygens (including phenoxy) is 2. The third-order valence-corrected chi connectivity index (χ3v) is 13.0. The van der Waals surface area contributed by atoms with Crippen LogP contribution in [0.2, 0.25) is 0 Å². The van der Waals surface area contributed by atoms with Gasteiger partial charge >= 0.3 is 12.2 Å². The molecule has 312 valence electrons. The molecule has 2 aliphatic heterocycles. The first-order chi connectivity index (χ1) is 28.5. The fourth-order valence-corrected chi connectivity index (χ4v) is 10.0. The highest BCUT2D eigenvalue weighted by molar-refractivity contribution is 5.87. The highest BCUT2D eigenvalue weighted by Crippen LogP contribution is 2.58. The molecule has 0 spiro atoms. The van der Waals surface area contributed by atoms with Gasteiger partial charge in [-0.05, 0) is 96.4 Å². The molecule has 2 aromatic carbocycles. The van der Waals surface area contributed by atoms with Gasteiger partial charge in [-0.1, -0.05) is 64.1 Å². The monoisotopic (exact) mass is 804 g/mol. The van der Waals surface area contributed by atoms with E-state index in [4.69, 9.17) is 19.4 Å². The number of nitrogens with zero attached hydrogens (tertiary/aromatic N) is 4. The first kappa shape index (κ1) is 40.1. The van der Waals surface area contributed by atoms with Crippen molar-refractivity contribution in [3.05, 3.63) is 71.6 Å². The van der Waals surface area contributed by atoms with Crippen molar-refractivity contribution in [2.75, 3.05) is 27.3 Å². The molecule has 4 N–H and O–H groups in total. The lowest BCUT2D eigenvalue weighted by atomic mass is 9.82. The van der Waals surface area contributed by atoms with Crippen molar-refractivity contribution < 1.29 is 28.7 Å². The number of benzene rings is 2. The summed E-state index contributed by atoms with van der Waals surface area (Å²) >= 11 is 0. The molecule has 8 rings (SSSR count). The van der Waals surface area contributed by atoms with Crippen LogP contribution in [0.5, 0.6) is 0 Å². The molecule has 4 amide bonds. The fourth-order valence-electron chi connectivity index (χ4n) is 10.0. The Balaban J connectivity index is 1.01. The maximum atomic E-state index is 13.8. The molecule has 4 aliphatic rings. The summed E-state index contributed by atoms with van der Waals surface area (Å²) in [6.07, 6.45) is 9.34. The van der Waals surface area contributed by atoms with Gasteiger partial charge in [-0.25, -0.2) is 19.6 Å². The Morgan fingerprint density at radius 2 is 1.10 bits per heavy atom. The van der Waals surface area contributed by atoms with Crippen LogP contribution in [0.15, 0.2) is 48.8 Å². The van der Waals surface area contributed by atoms with E-state index in [9.17, 15) is 19.2 Å². The van der Waals surface area contributed by atoms with E-state index in [1.165, 1.54) is 54.9 Å². The second-order valence-electron chi connectivity index (χ2n) is 17.2. The van der Waals surface area contributed by atoms with Crippen LogP contribution in [0, 0.1) is 11.8 Å². The number of nitrogens with one attached hydrogen (secondary N) is 4. The quantitative estimate of drug-likeness (QED) is 0.120. The number of hydrogen-bond donors (Lipinski definition) is 4. The van der Waals surface area contributed by atoms with Gasteiger partial charge < -0.3 is 39.9 Å². The summed E-state index contributed by atoms with van der Waals surface area (Å²) in [4.78, 5) is 71.9. The number of methoxy groups -OCH3 is 2. The molecule has 4 aromatic rings. The highest BCUT2D eigenvalue weighted by atomic mass is 16.5. The summed E-state index contributed by atoms with van der Waals surface area (Å²) in [5.74, 6) is 2.06. The van der Waals surface area contributed by atoms with Crippen LogP contribution in [0.25, 0.3) is 33.6 Å². The van der Waals surface area contributed by atoms with Crippen LogP contribution in [0.1, 0.15) is 119 Å². The number of alkyl carbamates (subject to hydrolysis) is 2. The van der Waals surface area contributed by atoms with Gasteiger partial charge in [-0.15, -0.1) is 0 Å². The number of aromatic nitrogens is 4. The Morgan fingerprint density at radius 1 is 0.644 bits per heavy atom. The van der Waals surface area contributed by atoms with Gasteiger partial charge in [0, 0.05) is 18.7 Å². The average Bonchev–Trinajstić information content (AvgIpc) is 4.10. The van der Waals surface area contributed by atoms with Crippen molar-refractivity contribution >= 4 is 24.0 Å². The normalized spacial score (nSPS) is 21.8. The summed E-state index contributed by atoms with van der Waals surface area (Å²) in [5, 5.41) is 5.45. The molecule has 1 saturated carbocycles. The molecule has 3 fully saturated rings. The van der Waals surface area contributed by atoms with Gasteiger partial charge in [0.05, 0.1) is 50.1 Å². The molecule has 2 aliphatic carbocycles. The van der Waals surface area contributed by atoms with Gasteiger partial charge in [0.1, 0.15) is 23.7 Å². The lowest BCUT2D eigenvalue weighted by molar-refractivity contribution is -0.136. The molecule has 0 radical (unpaired) electrons. The van der Waals surface area contributed by atoms with Crippen LogP contribution < -0.4 is 10.6 Å². The fraction of sp³-hybridized carbons (Fsp3) is 0.511. The number of fused-ring (bicyclic) bond motifs is 5. The summed E-state index contributed by atoms with van der Waals surface area (Å²) in [5.41, 5.74) is 9.32. The Bertz CT molecular complexity index is 2210. The number of likely N-dealkylation sites (tertiary alicyclic amines) is 2. The minimum atomic E-state index is -0.685. The smallest absolute Gasteiger partial charge is 0.407 e. The van der Waals surface area contributed by atoms with Crippen LogP contribution in [0.4, 0.5) is 9.59 Å². The standard InChI is InChI=1S/C45H56N8O6/c1-24(2)38(50-44(56)58-5)42(54)52-19-7-9-34(52)40-46-22-32(48-40)27-13-11-26(12-14-27)30-17-18-31(37-29-16-15-28(21-29)36(30)37)33-23-47-41(49-33)35-10-8-20-53(35)43(55)39(25(3)4)51-45(57)59-6/h11-14,17-18,22-25,28-29,34-35,38-39H,7-10,15-16,19-21H2,1-6H3,(H,46,48)(H,47,49)(H,50,56)(H,51,57)/t28?,29?,34-,35-,38-,39-/m0/s1. The van der Waals surface area contributed by atoms with E-state index in [2.05, 4.69) is 57.0 Å². The number of H-pyrrole nitrogens is 2. The van der Waals surface area contributed by atoms with Gasteiger partial charge in [-0.2, -0.15) is 0 Å². The maximum absolute atomic E-state index is 13.8. The predicted octanol–water partition coefficient (Wildman–Crippen LogP) is 7.59. The first-order valence-electron chi connectivity index (χ1n) is 21.1. The SMILES string of the molecule is COC(=O)N[C@H](C(=O)N1CCC[C@H]1c1ncc(-c2ccc(-c3ccc(-c4cnc([C@@H]5CCCN5C(=O)[C@@H](NC(=O)OC)C(C)C)[nH]4)c4c3C3CCC4C3)cc2)[nH]1)C(C)C. The van der Waals surface area contributed by atoms with Gasteiger partial charge in [0.25, 0.3) is 0 Å². The van der Waals surface area contributed by atoms with Crippen molar-refractivity contribution in [2.45, 2.75) is 109 Å². The van der Waals surface area contributed by atoms with Crippen molar-refractivity contribution in [1.82, 2.24) is 40.4 Å². The first-order valence-corrected chi connectivity index (χ1v) is 21.1. The molecule has 2 aromatic heterocycles. The third-order valence-electron chi connectivity index (χ3n) is 13.0. The van der Waals surface area contributed by atoms with E-state index >= 15 is 0 Å². The van der Waals surface area contributed by atoms with Gasteiger partial charge in [0.2, 0.25) is 11.8 Å². The lowest BCUT2D eigenvalue weighted by Crippen LogP contribution is -2.51. The van der Waals surface area contributed by atoms with Gasteiger partial charge in [-0.3, -0.25) is 9.59 Å². The molecule has 2 saturated heterocycles. The number of amides is 4. The van der Waals surface area contributed by atoms with E-state index in [0.717, 1.165) is 60.7 Å². The molecule has 14 heteroatoms. The molecule has 6 atom stereocenters. The molecule has 14 nitrogen and oxygen atoms in total. The molecule has 59 heavy (non-hydrogen) atoms. The van der Waals surface area contributed by atoms with E-state index in [0.29, 0.717) is 24.9 Å². The Hall–Kier alpha value is -5.66. The number of aromatic amines is 2. The molecule has 2 unspecified atom stereocenters. The second kappa shape index (κ2) is 16.5. The maximum Gasteiger partial charge on any atom is 0.407 e. The molecule has 2 bridgehead atoms. The topological polar surface area (TPSA) is 175 Å². The van der Waals surface area contributed by atoms with Gasteiger partial charge in [0.15, 0.2) is 0 Å². The van der Waals surface area contributed by atoms with E-state index in [1.807, 2.05) is 49.9 Å². The Labute approximate surface area is 345 Å². The van der Waals surface area contributed by atoms with Crippen LogP contribution in [-0.4, -0.2) is 93.1 Å². The van der Waals surface area contributed by atoms with E-state index in [1.54, 1.807) is 0 Å². The zero-order valence-electron chi connectivity index (χ0n) is 34.8. The van der Waals surface area contributed by atoms with Crippen LogP contribution in [0.3, 0.4) is 0 Å². The Kier molecular flexibility index (Phi) is 11.2. The number of rotatable bonds is 11. The minimum Gasteiger partial charge on any atom is -0.453 e. The number of carbonyl (C=O) groups excluding carboxylic acids is 4. The average molecular weight is 805 g/mol. The summed E-state index contributed by atoms with van der Waals surface area (Å²) < 4.78 is 9.59. The van der Waals surface area contributed by atoms with Crippen LogP contribution >= 0.6 is 0 Å². The van der Waals surface area contributed by atoms with E-state index < -0.39 is 24.3 Å². The molecular formula is C45H56N8O6. The van der Waals surface area contributed by atoms with E-state index in [-0.39, 0.29) is 35.7 Å². The second-order valence-corrected chi connectivity index (χ2v) is 17.2. The lowest BCUT2D eigenvalue weighted by Gasteiger charge is -2.30. The highest BCUT2D eigenvalue weighted by Gasteiger charge is 2.42. The van der Waals surface area contributed by atoms with Crippen molar-refractivity contribution in [1.29, 1.82) is 0 Å². The zero-order valence-corrected chi connectivity index (χ0v) is 34.8. The van der Waals surface area contributed by atoms with Crippen molar-refractivity contribution in [2.24, 2.45) is 11.8 Å². The zero-order chi connectivity index (χ0) is 41.5. The minimum absolute atomic E-state index is 0.101. The third kappa shape index (κ3) is 7.57. The van der Waals surface area contributed by atoms with Crippen LogP contribution in [-0.2, 0) is 19.1 Å². The van der Waals surface area contributed by atoms with Crippen molar-refractivity contribution in [3.63, 3.8) is 0 Å². The molecular weight excluding hydrogens is 749 g/mol. The number of hydrogen-bond acceptors (Lipinski definition) is 8. The predicted molar refractivity (Wildman–Crippen MR) is 222 cm³/mol. The molecule has 4 heterocycles. The summed E-state index contributed by atoms with van der Waals surface area (Å²) in [7, 11) is 2.60.